The van der Waals surface area contributed by atoms with E-state index in [1.807, 2.05) is 0 Å². The van der Waals surface area contributed by atoms with Gasteiger partial charge in [-0.25, -0.2) is 0 Å². The molecule has 0 amide bonds. The second kappa shape index (κ2) is 4.29. The van der Waals surface area contributed by atoms with Crippen LogP contribution >= 0.6 is 0 Å². The van der Waals surface area contributed by atoms with Crippen LogP contribution in [0.5, 0.6) is 0 Å². The number of hydrogen-bond donors (Lipinski definition) is 1. The third-order valence-corrected chi connectivity index (χ3v) is 3.42. The highest BCUT2D eigenvalue weighted by Gasteiger charge is 2.37. The lowest BCUT2D eigenvalue weighted by Crippen LogP contribution is -2.47. The number of alkyl halides is 3. The van der Waals surface area contributed by atoms with Gasteiger partial charge in [0, 0.05) is 18.6 Å². The topological polar surface area (TPSA) is 15.3 Å². The first-order valence-corrected chi connectivity index (χ1v) is 5.60. The van der Waals surface area contributed by atoms with Gasteiger partial charge in [-0.3, -0.25) is 4.90 Å². The molecule has 2 aliphatic rings. The van der Waals surface area contributed by atoms with E-state index in [-0.39, 0.29) is 6.04 Å². The second-order valence-electron chi connectivity index (χ2n) is 4.49. The highest BCUT2D eigenvalue weighted by Crippen LogP contribution is 2.27. The van der Waals surface area contributed by atoms with Crippen molar-refractivity contribution in [1.29, 1.82) is 0 Å². The van der Waals surface area contributed by atoms with Crippen molar-refractivity contribution in [3.05, 3.63) is 0 Å². The van der Waals surface area contributed by atoms with Crippen molar-refractivity contribution < 1.29 is 13.2 Å². The van der Waals surface area contributed by atoms with E-state index < -0.39 is 12.7 Å². The molecule has 15 heavy (non-hydrogen) atoms. The van der Waals surface area contributed by atoms with Crippen LogP contribution < -0.4 is 5.32 Å². The van der Waals surface area contributed by atoms with Crippen molar-refractivity contribution in [1.82, 2.24) is 10.2 Å². The molecule has 2 aliphatic heterocycles. The Bertz CT molecular complexity index is 217. The molecule has 2 nitrogen and oxygen atoms in total. The molecule has 0 aromatic rings. The Morgan fingerprint density at radius 1 is 1.13 bits per heavy atom. The monoisotopic (exact) mass is 222 g/mol. The van der Waals surface area contributed by atoms with Gasteiger partial charge < -0.3 is 5.32 Å². The molecule has 0 spiro atoms. The largest absolute Gasteiger partial charge is 0.401 e. The van der Waals surface area contributed by atoms with E-state index in [0.717, 1.165) is 32.4 Å². The third-order valence-electron chi connectivity index (χ3n) is 3.42. The van der Waals surface area contributed by atoms with Crippen LogP contribution in [-0.2, 0) is 0 Å². The molecule has 0 aromatic heterocycles. The molecule has 88 valence electrons. The van der Waals surface area contributed by atoms with Crippen molar-refractivity contribution >= 4 is 0 Å². The van der Waals surface area contributed by atoms with Crippen LogP contribution in [0.3, 0.4) is 0 Å². The summed E-state index contributed by atoms with van der Waals surface area (Å²) in [6.07, 6.45) is 0.187. The fourth-order valence-corrected chi connectivity index (χ4v) is 2.73. The van der Waals surface area contributed by atoms with Crippen LogP contribution in [-0.4, -0.2) is 42.8 Å². The summed E-state index contributed by atoms with van der Waals surface area (Å²) < 4.78 is 36.2. The summed E-state index contributed by atoms with van der Waals surface area (Å²) in [6.45, 7) is 1.18. The SMILES string of the molecule is FC(F)(F)CNC1CCN2CCCCC12. The van der Waals surface area contributed by atoms with Crippen LogP contribution in [0.4, 0.5) is 13.2 Å². The predicted molar refractivity (Wildman–Crippen MR) is 51.7 cm³/mol. The van der Waals surface area contributed by atoms with E-state index in [9.17, 15) is 13.2 Å². The lowest BCUT2D eigenvalue weighted by Gasteiger charge is -2.32. The summed E-state index contributed by atoms with van der Waals surface area (Å²) in [7, 11) is 0. The molecule has 2 saturated heterocycles. The highest BCUT2D eigenvalue weighted by molar-refractivity contribution is 4.94. The Balaban J connectivity index is 1.83. The fraction of sp³-hybridized carbons (Fsp3) is 1.00. The summed E-state index contributed by atoms with van der Waals surface area (Å²) in [6, 6.07) is 0.396. The number of hydrogen-bond acceptors (Lipinski definition) is 2. The van der Waals surface area contributed by atoms with E-state index in [1.165, 1.54) is 6.42 Å². The lowest BCUT2D eigenvalue weighted by molar-refractivity contribution is -0.126. The molecular formula is C10H17F3N2. The predicted octanol–water partition coefficient (Wildman–Crippen LogP) is 1.77. The first-order chi connectivity index (χ1) is 7.06. The number of halogens is 3. The summed E-state index contributed by atoms with van der Waals surface area (Å²) >= 11 is 0. The molecular weight excluding hydrogens is 205 g/mol. The van der Waals surface area contributed by atoms with Gasteiger partial charge in [-0.05, 0) is 25.8 Å². The van der Waals surface area contributed by atoms with E-state index in [4.69, 9.17) is 0 Å². The Labute approximate surface area is 87.8 Å². The van der Waals surface area contributed by atoms with Crippen LogP contribution in [0, 0.1) is 0 Å². The van der Waals surface area contributed by atoms with Gasteiger partial charge in [-0.2, -0.15) is 13.2 Å². The van der Waals surface area contributed by atoms with Crippen molar-refractivity contribution in [2.45, 2.75) is 43.9 Å². The van der Waals surface area contributed by atoms with Gasteiger partial charge in [0.2, 0.25) is 0 Å². The van der Waals surface area contributed by atoms with Gasteiger partial charge in [0.05, 0.1) is 6.54 Å². The van der Waals surface area contributed by atoms with Crippen molar-refractivity contribution in [3.63, 3.8) is 0 Å². The van der Waals surface area contributed by atoms with E-state index in [2.05, 4.69) is 10.2 Å². The zero-order valence-corrected chi connectivity index (χ0v) is 8.69. The third kappa shape index (κ3) is 2.84. The first kappa shape index (κ1) is 11.2. The zero-order chi connectivity index (χ0) is 10.9. The van der Waals surface area contributed by atoms with Crippen molar-refractivity contribution in [2.24, 2.45) is 0 Å². The molecule has 2 heterocycles. The van der Waals surface area contributed by atoms with Crippen molar-refractivity contribution in [3.8, 4) is 0 Å². The smallest absolute Gasteiger partial charge is 0.304 e. The van der Waals surface area contributed by atoms with Gasteiger partial charge >= 0.3 is 6.18 Å². The molecule has 1 N–H and O–H groups in total. The minimum atomic E-state index is -4.08. The molecule has 0 radical (unpaired) electrons. The summed E-state index contributed by atoms with van der Waals surface area (Å²) in [5.41, 5.74) is 0. The molecule has 2 unspecified atom stereocenters. The normalized spacial score (nSPS) is 33.0. The minimum absolute atomic E-state index is 0.0481. The zero-order valence-electron chi connectivity index (χ0n) is 8.69. The first-order valence-electron chi connectivity index (χ1n) is 5.60. The summed E-state index contributed by atoms with van der Waals surface area (Å²) in [5.74, 6) is 0. The Kier molecular flexibility index (Phi) is 3.21. The molecule has 0 aromatic carbocycles. The number of piperidine rings is 1. The maximum atomic E-state index is 12.1. The number of fused-ring (bicyclic) bond motifs is 1. The van der Waals surface area contributed by atoms with Crippen LogP contribution in [0.2, 0.25) is 0 Å². The van der Waals surface area contributed by atoms with E-state index in [1.54, 1.807) is 0 Å². The van der Waals surface area contributed by atoms with Crippen molar-refractivity contribution in [2.75, 3.05) is 19.6 Å². The molecule has 0 bridgehead atoms. The van der Waals surface area contributed by atoms with Crippen LogP contribution in [0.15, 0.2) is 0 Å². The molecule has 2 rings (SSSR count). The number of rotatable bonds is 2. The summed E-state index contributed by atoms with van der Waals surface area (Å²) in [5, 5.41) is 2.65. The van der Waals surface area contributed by atoms with E-state index >= 15 is 0 Å². The molecule has 2 atom stereocenters. The molecule has 2 fully saturated rings. The standard InChI is InChI=1S/C10H17F3N2/c11-10(12,13)7-14-8-4-6-15-5-2-1-3-9(8)15/h8-9,14H,1-7H2. The Morgan fingerprint density at radius 2 is 1.93 bits per heavy atom. The maximum absolute atomic E-state index is 12.1. The van der Waals surface area contributed by atoms with Gasteiger partial charge in [0.15, 0.2) is 0 Å². The maximum Gasteiger partial charge on any atom is 0.401 e. The van der Waals surface area contributed by atoms with Crippen LogP contribution in [0.1, 0.15) is 25.7 Å². The quantitative estimate of drug-likeness (QED) is 0.766. The van der Waals surface area contributed by atoms with E-state index in [0.29, 0.717) is 6.04 Å². The molecule has 0 aliphatic carbocycles. The van der Waals surface area contributed by atoms with Gasteiger partial charge in [0.25, 0.3) is 0 Å². The Morgan fingerprint density at radius 3 is 2.67 bits per heavy atom. The fourth-order valence-electron chi connectivity index (χ4n) is 2.73. The average molecular weight is 222 g/mol. The second-order valence-corrected chi connectivity index (χ2v) is 4.49. The summed E-state index contributed by atoms with van der Waals surface area (Å²) in [4.78, 5) is 2.33. The van der Waals surface area contributed by atoms with Gasteiger partial charge in [-0.1, -0.05) is 6.42 Å². The number of nitrogens with zero attached hydrogens (tertiary/aromatic N) is 1. The lowest BCUT2D eigenvalue weighted by atomic mass is 9.99. The molecule has 5 heteroatoms. The minimum Gasteiger partial charge on any atom is -0.304 e. The average Bonchev–Trinajstić information content (AvgIpc) is 2.57. The Hall–Kier alpha value is -0.290. The van der Waals surface area contributed by atoms with Gasteiger partial charge in [-0.15, -0.1) is 0 Å². The number of nitrogens with one attached hydrogen (secondary N) is 1. The molecule has 0 saturated carbocycles. The van der Waals surface area contributed by atoms with Gasteiger partial charge in [0.1, 0.15) is 0 Å². The van der Waals surface area contributed by atoms with Crippen LogP contribution in [0.25, 0.3) is 0 Å². The highest BCUT2D eigenvalue weighted by atomic mass is 19.4.